The van der Waals surface area contributed by atoms with Gasteiger partial charge in [-0.15, -0.1) is 0 Å². The van der Waals surface area contributed by atoms with Crippen LogP contribution in [0.3, 0.4) is 0 Å². The molecule has 0 radical (unpaired) electrons. The van der Waals surface area contributed by atoms with Gasteiger partial charge in [-0.05, 0) is 51.4 Å². The normalized spacial score (nSPS) is 16.8. The minimum Gasteiger partial charge on any atom is -0.633 e. The predicted octanol–water partition coefficient (Wildman–Crippen LogP) is 5.60. The molecule has 0 bridgehead atoms. The van der Waals surface area contributed by atoms with Gasteiger partial charge in [0.25, 0.3) is 0 Å². The second-order valence-corrected chi connectivity index (χ2v) is 8.02. The van der Waals surface area contributed by atoms with E-state index in [9.17, 15) is 10.4 Å². The first-order valence-electron chi connectivity index (χ1n) is 10.4. The highest BCUT2D eigenvalue weighted by atomic mass is 16.5. The van der Waals surface area contributed by atoms with Gasteiger partial charge in [-0.1, -0.05) is 39.5 Å². The number of hydrogen-bond acceptors (Lipinski definition) is 2. The lowest BCUT2D eigenvalue weighted by Gasteiger charge is -2.39. The Morgan fingerprint density at radius 3 is 0.958 bits per heavy atom. The van der Waals surface area contributed by atoms with E-state index in [1.807, 2.05) is 14.1 Å². The standard InChI is InChI=1S/C20H44N2O2/c1-5-7-9-13-17-21(3,23)19-15-11-12-16-20-22(4,24)18-14-10-8-6-2/h5-20H2,1-4H3. The van der Waals surface area contributed by atoms with Crippen LogP contribution >= 0.6 is 0 Å². The molecular formula is C20H44N2O2. The van der Waals surface area contributed by atoms with Gasteiger partial charge in [0, 0.05) is 0 Å². The fourth-order valence-corrected chi connectivity index (χ4v) is 3.22. The third-order valence-corrected chi connectivity index (χ3v) is 4.98. The van der Waals surface area contributed by atoms with Crippen molar-refractivity contribution in [1.29, 1.82) is 0 Å². The van der Waals surface area contributed by atoms with Gasteiger partial charge >= 0.3 is 0 Å². The van der Waals surface area contributed by atoms with Crippen LogP contribution in [0.4, 0.5) is 0 Å². The monoisotopic (exact) mass is 344 g/mol. The Hall–Kier alpha value is -0.160. The van der Waals surface area contributed by atoms with E-state index in [2.05, 4.69) is 13.8 Å². The lowest BCUT2D eigenvalue weighted by molar-refractivity contribution is -0.862. The Morgan fingerprint density at radius 1 is 0.458 bits per heavy atom. The van der Waals surface area contributed by atoms with Gasteiger partial charge in [-0.2, -0.15) is 0 Å². The van der Waals surface area contributed by atoms with Crippen LogP contribution in [0.25, 0.3) is 0 Å². The van der Waals surface area contributed by atoms with E-state index in [4.69, 9.17) is 0 Å². The average Bonchev–Trinajstić information content (AvgIpc) is 2.51. The summed E-state index contributed by atoms with van der Waals surface area (Å²) in [7, 11) is 3.63. The number of rotatable bonds is 17. The SMILES string of the molecule is CCCCCC[N+](C)([O-])CCCCCC[N+](C)([O-])CCCCCC. The van der Waals surface area contributed by atoms with Crippen molar-refractivity contribution in [2.24, 2.45) is 0 Å². The molecule has 0 amide bonds. The number of quaternary nitrogens is 2. The molecule has 146 valence electrons. The van der Waals surface area contributed by atoms with E-state index in [1.165, 1.54) is 38.5 Å². The molecule has 0 saturated carbocycles. The molecule has 0 aliphatic rings. The van der Waals surface area contributed by atoms with Crippen LogP contribution in [0.1, 0.15) is 90.9 Å². The first-order chi connectivity index (χ1) is 11.3. The number of hydroxylamine groups is 6. The maximum atomic E-state index is 12.3. The second-order valence-electron chi connectivity index (χ2n) is 8.02. The smallest absolute Gasteiger partial charge is 0.0781 e. The summed E-state index contributed by atoms with van der Waals surface area (Å²) in [6, 6.07) is 0. The van der Waals surface area contributed by atoms with E-state index in [-0.39, 0.29) is 9.29 Å². The van der Waals surface area contributed by atoms with Gasteiger partial charge in [-0.25, -0.2) is 0 Å². The molecule has 0 heterocycles. The first-order valence-corrected chi connectivity index (χ1v) is 10.4. The van der Waals surface area contributed by atoms with Crippen LogP contribution in [0.5, 0.6) is 0 Å². The maximum absolute atomic E-state index is 12.3. The number of unbranched alkanes of at least 4 members (excludes halogenated alkanes) is 9. The zero-order valence-corrected chi connectivity index (χ0v) is 17.0. The van der Waals surface area contributed by atoms with Crippen molar-refractivity contribution in [3.8, 4) is 0 Å². The maximum Gasteiger partial charge on any atom is 0.0781 e. The molecule has 0 aromatic carbocycles. The van der Waals surface area contributed by atoms with Crippen LogP contribution < -0.4 is 0 Å². The molecular weight excluding hydrogens is 300 g/mol. The van der Waals surface area contributed by atoms with Crippen molar-refractivity contribution in [3.63, 3.8) is 0 Å². The van der Waals surface area contributed by atoms with Crippen LogP contribution in [0, 0.1) is 10.4 Å². The summed E-state index contributed by atoms with van der Waals surface area (Å²) in [5.41, 5.74) is 0. The minimum atomic E-state index is -0.0868. The zero-order valence-electron chi connectivity index (χ0n) is 17.0. The molecule has 0 N–H and O–H groups in total. The van der Waals surface area contributed by atoms with Gasteiger partial charge in [-0.3, -0.25) is 0 Å². The van der Waals surface area contributed by atoms with Crippen molar-refractivity contribution < 1.29 is 9.29 Å². The molecule has 0 fully saturated rings. The van der Waals surface area contributed by atoms with Crippen molar-refractivity contribution in [3.05, 3.63) is 10.4 Å². The highest BCUT2D eigenvalue weighted by Crippen LogP contribution is 2.12. The van der Waals surface area contributed by atoms with E-state index in [0.29, 0.717) is 0 Å². The van der Waals surface area contributed by atoms with Crippen molar-refractivity contribution >= 4 is 0 Å². The highest BCUT2D eigenvalue weighted by Gasteiger charge is 2.11. The van der Waals surface area contributed by atoms with E-state index in [0.717, 1.165) is 64.7 Å². The molecule has 24 heavy (non-hydrogen) atoms. The topological polar surface area (TPSA) is 46.1 Å². The lowest BCUT2D eigenvalue weighted by Crippen LogP contribution is -2.39. The molecule has 2 atom stereocenters. The van der Waals surface area contributed by atoms with Crippen molar-refractivity contribution in [2.45, 2.75) is 90.9 Å². The largest absolute Gasteiger partial charge is 0.633 e. The molecule has 0 aromatic rings. The van der Waals surface area contributed by atoms with E-state index < -0.39 is 0 Å². The Balaban J connectivity index is 3.60. The summed E-state index contributed by atoms with van der Waals surface area (Å²) in [6.45, 7) is 7.37. The quantitative estimate of drug-likeness (QED) is 0.196. The van der Waals surface area contributed by atoms with Gasteiger partial charge in [0.15, 0.2) is 0 Å². The van der Waals surface area contributed by atoms with Crippen LogP contribution in [0.2, 0.25) is 0 Å². The molecule has 0 rings (SSSR count). The fourth-order valence-electron chi connectivity index (χ4n) is 3.22. The third-order valence-electron chi connectivity index (χ3n) is 4.98. The molecule has 0 spiro atoms. The molecule has 0 aliphatic heterocycles. The van der Waals surface area contributed by atoms with E-state index in [1.54, 1.807) is 0 Å². The highest BCUT2D eigenvalue weighted by molar-refractivity contribution is 4.49. The average molecular weight is 345 g/mol. The number of nitrogens with zero attached hydrogens (tertiary/aromatic N) is 2. The minimum absolute atomic E-state index is 0.0868. The van der Waals surface area contributed by atoms with Crippen LogP contribution in [-0.2, 0) is 0 Å². The Morgan fingerprint density at radius 2 is 0.708 bits per heavy atom. The summed E-state index contributed by atoms with van der Waals surface area (Å²) in [6.07, 6.45) is 13.6. The lowest BCUT2D eigenvalue weighted by atomic mass is 10.1. The predicted molar refractivity (Wildman–Crippen MR) is 105 cm³/mol. The molecule has 4 nitrogen and oxygen atoms in total. The van der Waals surface area contributed by atoms with Crippen molar-refractivity contribution in [2.75, 3.05) is 40.3 Å². The summed E-state index contributed by atoms with van der Waals surface area (Å²) >= 11 is 0. The molecule has 0 aliphatic carbocycles. The van der Waals surface area contributed by atoms with E-state index >= 15 is 0 Å². The first kappa shape index (κ1) is 23.8. The van der Waals surface area contributed by atoms with Crippen molar-refractivity contribution in [1.82, 2.24) is 0 Å². The Labute approximate surface area is 151 Å². The molecule has 0 saturated heterocycles. The van der Waals surface area contributed by atoms with Gasteiger partial charge in [0.05, 0.1) is 40.3 Å². The van der Waals surface area contributed by atoms with Gasteiger partial charge in [0.2, 0.25) is 0 Å². The third kappa shape index (κ3) is 15.4. The molecule has 0 aromatic heterocycles. The summed E-state index contributed by atoms with van der Waals surface area (Å²) in [5.74, 6) is 0. The second kappa shape index (κ2) is 14.1. The Kier molecular flexibility index (Phi) is 14.0. The number of hydrogen-bond donors (Lipinski definition) is 0. The molecule has 4 heteroatoms. The van der Waals surface area contributed by atoms with Crippen LogP contribution in [0.15, 0.2) is 0 Å². The van der Waals surface area contributed by atoms with Gasteiger partial charge in [0.1, 0.15) is 0 Å². The van der Waals surface area contributed by atoms with Crippen LogP contribution in [-0.4, -0.2) is 49.6 Å². The Bertz CT molecular complexity index is 253. The summed E-state index contributed by atoms with van der Waals surface area (Å²) in [5, 5.41) is 24.6. The molecule has 2 unspecified atom stereocenters. The summed E-state index contributed by atoms with van der Waals surface area (Å²) < 4.78 is -0.174. The van der Waals surface area contributed by atoms with Gasteiger partial charge < -0.3 is 19.7 Å². The summed E-state index contributed by atoms with van der Waals surface area (Å²) in [4.78, 5) is 0. The fraction of sp³-hybridized carbons (Fsp3) is 1.00. The zero-order chi connectivity index (χ0) is 18.3.